The maximum Gasteiger partial charge on any atom is 0.247 e. The number of carbonyl (C=O) groups is 1. The molecule has 0 saturated carbocycles. The third kappa shape index (κ3) is 4.91. The number of aromatic amines is 1. The molecule has 1 amide bonds. The zero-order chi connectivity index (χ0) is 22.1. The summed E-state index contributed by atoms with van der Waals surface area (Å²) in [4.78, 5) is 12.5. The zero-order valence-corrected chi connectivity index (χ0v) is 18.0. The summed E-state index contributed by atoms with van der Waals surface area (Å²) in [6, 6.07) is 9.37. The molecule has 0 fully saturated rings. The smallest absolute Gasteiger partial charge is 0.247 e. The molecule has 0 aliphatic carbocycles. The van der Waals surface area contributed by atoms with E-state index in [1.54, 1.807) is 45.0 Å². The Labute approximate surface area is 182 Å². The Morgan fingerprint density at radius 1 is 1.07 bits per heavy atom. The lowest BCUT2D eigenvalue weighted by Gasteiger charge is -2.23. The fraction of sp³-hybridized carbons (Fsp3) is 0.238. The number of H-pyrrole nitrogens is 1. The lowest BCUT2D eigenvalue weighted by Crippen LogP contribution is -2.32. The second-order valence-electron chi connectivity index (χ2n) is 7.43. The van der Waals surface area contributed by atoms with Crippen LogP contribution in [0.4, 0.5) is 20.3 Å². The van der Waals surface area contributed by atoms with Gasteiger partial charge in [-0.1, -0.05) is 37.0 Å². The van der Waals surface area contributed by atoms with Gasteiger partial charge in [0.25, 0.3) is 0 Å². The Morgan fingerprint density at radius 2 is 1.73 bits per heavy atom. The Morgan fingerprint density at radius 3 is 2.37 bits per heavy atom. The molecule has 3 aromatic rings. The molecule has 5 nitrogen and oxygen atoms in total. The number of hydrogen-bond acceptors (Lipinski definition) is 3. The van der Waals surface area contributed by atoms with Gasteiger partial charge in [0.05, 0.1) is 15.7 Å². The number of aromatic nitrogens is 2. The highest BCUT2D eigenvalue weighted by atomic mass is 35.5. The lowest BCUT2D eigenvalue weighted by molar-refractivity contribution is -0.116. The number of benzene rings is 2. The van der Waals surface area contributed by atoms with Gasteiger partial charge in [-0.05, 0) is 42.8 Å². The van der Waals surface area contributed by atoms with Gasteiger partial charge in [-0.3, -0.25) is 9.89 Å². The molecule has 1 atom stereocenters. The van der Waals surface area contributed by atoms with Gasteiger partial charge < -0.3 is 10.6 Å². The average molecular weight is 453 g/mol. The largest absolute Gasteiger partial charge is 0.374 e. The summed E-state index contributed by atoms with van der Waals surface area (Å²) in [5, 5.41) is 13.5. The standard InChI is InChI=1S/C21H20Cl2F2N4O/c1-11(26-15-4-5-16(22)17(23)9-15)20(30)27-19-10-18(28-29-19)21(2,3)12-6-13(24)8-14(25)7-12/h4-11,26H,1-3H3,(H2,27,28,29,30). The number of halogens is 4. The molecule has 0 saturated heterocycles. The molecule has 9 heteroatoms. The number of anilines is 2. The summed E-state index contributed by atoms with van der Waals surface area (Å²) in [7, 11) is 0. The van der Waals surface area contributed by atoms with Crippen molar-refractivity contribution in [2.75, 3.05) is 10.6 Å². The van der Waals surface area contributed by atoms with Crippen LogP contribution in [0.1, 0.15) is 32.0 Å². The van der Waals surface area contributed by atoms with Crippen LogP contribution in [0.25, 0.3) is 0 Å². The first-order valence-electron chi connectivity index (χ1n) is 9.11. The summed E-state index contributed by atoms with van der Waals surface area (Å²) >= 11 is 11.9. The zero-order valence-electron chi connectivity index (χ0n) is 16.5. The van der Waals surface area contributed by atoms with Gasteiger partial charge in [-0.15, -0.1) is 0 Å². The molecule has 158 valence electrons. The SMILES string of the molecule is CC(Nc1ccc(Cl)c(Cl)c1)C(=O)Nc1cc(C(C)(C)c2cc(F)cc(F)c2)n[nH]1. The second-order valence-corrected chi connectivity index (χ2v) is 8.25. The summed E-state index contributed by atoms with van der Waals surface area (Å²) in [5.41, 5.74) is 0.810. The van der Waals surface area contributed by atoms with Gasteiger partial charge in [0.1, 0.15) is 23.5 Å². The summed E-state index contributed by atoms with van der Waals surface area (Å²) in [5.74, 6) is -1.28. The van der Waals surface area contributed by atoms with E-state index in [-0.39, 0.29) is 5.91 Å². The topological polar surface area (TPSA) is 69.8 Å². The van der Waals surface area contributed by atoms with E-state index in [4.69, 9.17) is 23.2 Å². The Bertz CT molecular complexity index is 1060. The van der Waals surface area contributed by atoms with E-state index < -0.39 is 23.1 Å². The van der Waals surface area contributed by atoms with E-state index in [0.717, 1.165) is 6.07 Å². The number of amides is 1. The van der Waals surface area contributed by atoms with Crippen LogP contribution >= 0.6 is 23.2 Å². The number of nitrogens with one attached hydrogen (secondary N) is 3. The molecule has 0 aliphatic heterocycles. The highest BCUT2D eigenvalue weighted by molar-refractivity contribution is 6.42. The highest BCUT2D eigenvalue weighted by Gasteiger charge is 2.28. The van der Waals surface area contributed by atoms with Gasteiger partial charge in [0.15, 0.2) is 0 Å². The van der Waals surface area contributed by atoms with E-state index in [1.165, 1.54) is 12.1 Å². The van der Waals surface area contributed by atoms with Crippen LogP contribution < -0.4 is 10.6 Å². The molecule has 3 rings (SSSR count). The van der Waals surface area contributed by atoms with Crippen LogP contribution in [0.3, 0.4) is 0 Å². The van der Waals surface area contributed by atoms with Crippen LogP contribution in [0, 0.1) is 11.6 Å². The quantitative estimate of drug-likeness (QED) is 0.445. The van der Waals surface area contributed by atoms with Crippen molar-refractivity contribution in [3.63, 3.8) is 0 Å². The van der Waals surface area contributed by atoms with Crippen molar-refractivity contribution in [2.45, 2.75) is 32.2 Å². The maximum absolute atomic E-state index is 13.6. The lowest BCUT2D eigenvalue weighted by atomic mass is 9.81. The van der Waals surface area contributed by atoms with Crippen LogP contribution in [0.15, 0.2) is 42.5 Å². The summed E-state index contributed by atoms with van der Waals surface area (Å²) in [6.45, 7) is 5.27. The van der Waals surface area contributed by atoms with E-state index in [9.17, 15) is 13.6 Å². The first-order chi connectivity index (χ1) is 14.1. The van der Waals surface area contributed by atoms with Gasteiger partial charge in [-0.2, -0.15) is 5.10 Å². The first kappa shape index (κ1) is 22.1. The van der Waals surface area contributed by atoms with Crippen molar-refractivity contribution < 1.29 is 13.6 Å². The van der Waals surface area contributed by atoms with Crippen molar-refractivity contribution in [1.29, 1.82) is 0 Å². The minimum absolute atomic E-state index is 0.314. The van der Waals surface area contributed by atoms with E-state index in [0.29, 0.717) is 32.8 Å². The third-order valence-electron chi connectivity index (χ3n) is 4.76. The van der Waals surface area contributed by atoms with Gasteiger partial charge in [0, 0.05) is 23.2 Å². The number of hydrogen-bond donors (Lipinski definition) is 3. The van der Waals surface area contributed by atoms with E-state index >= 15 is 0 Å². The fourth-order valence-electron chi connectivity index (χ4n) is 2.91. The molecule has 0 radical (unpaired) electrons. The first-order valence-corrected chi connectivity index (χ1v) is 9.87. The van der Waals surface area contributed by atoms with Gasteiger partial charge in [0.2, 0.25) is 5.91 Å². The van der Waals surface area contributed by atoms with Crippen molar-refractivity contribution in [2.24, 2.45) is 0 Å². The fourth-order valence-corrected chi connectivity index (χ4v) is 3.21. The van der Waals surface area contributed by atoms with Crippen LogP contribution in [-0.2, 0) is 10.2 Å². The van der Waals surface area contributed by atoms with E-state index in [2.05, 4.69) is 20.8 Å². The van der Waals surface area contributed by atoms with Crippen LogP contribution in [0.2, 0.25) is 10.0 Å². The third-order valence-corrected chi connectivity index (χ3v) is 5.50. The maximum atomic E-state index is 13.6. The molecular formula is C21H20Cl2F2N4O. The molecule has 0 spiro atoms. The minimum atomic E-state index is -0.785. The molecule has 1 aromatic heterocycles. The molecular weight excluding hydrogens is 433 g/mol. The predicted octanol–water partition coefficient (Wildman–Crippen LogP) is 5.76. The Balaban J connectivity index is 1.71. The summed E-state index contributed by atoms with van der Waals surface area (Å²) < 4.78 is 27.2. The van der Waals surface area contributed by atoms with Gasteiger partial charge in [-0.25, -0.2) is 8.78 Å². The van der Waals surface area contributed by atoms with Crippen molar-refractivity contribution >= 4 is 40.6 Å². The molecule has 30 heavy (non-hydrogen) atoms. The number of nitrogens with zero attached hydrogens (tertiary/aromatic N) is 1. The van der Waals surface area contributed by atoms with Crippen molar-refractivity contribution in [3.8, 4) is 0 Å². The van der Waals surface area contributed by atoms with Crippen molar-refractivity contribution in [1.82, 2.24) is 10.2 Å². The minimum Gasteiger partial charge on any atom is -0.374 e. The van der Waals surface area contributed by atoms with Crippen molar-refractivity contribution in [3.05, 3.63) is 75.4 Å². The molecule has 3 N–H and O–H groups in total. The number of carbonyl (C=O) groups excluding carboxylic acids is 1. The monoisotopic (exact) mass is 452 g/mol. The molecule has 0 bridgehead atoms. The van der Waals surface area contributed by atoms with Crippen LogP contribution in [0.5, 0.6) is 0 Å². The van der Waals surface area contributed by atoms with E-state index in [1.807, 2.05) is 0 Å². The van der Waals surface area contributed by atoms with Crippen LogP contribution in [-0.4, -0.2) is 22.1 Å². The molecule has 1 heterocycles. The average Bonchev–Trinajstić information content (AvgIpc) is 3.13. The Hall–Kier alpha value is -2.64. The normalized spacial score (nSPS) is 12.5. The number of rotatable bonds is 6. The molecule has 0 aliphatic rings. The molecule has 2 aromatic carbocycles. The highest BCUT2D eigenvalue weighted by Crippen LogP contribution is 2.32. The second kappa shape index (κ2) is 8.62. The molecule has 1 unspecified atom stereocenters. The van der Waals surface area contributed by atoms with Gasteiger partial charge >= 0.3 is 0 Å². The predicted molar refractivity (Wildman–Crippen MR) is 115 cm³/mol. The Kier molecular flexibility index (Phi) is 6.33. The summed E-state index contributed by atoms with van der Waals surface area (Å²) in [6.07, 6.45) is 0.